The van der Waals surface area contributed by atoms with Crippen LogP contribution in [-0.4, -0.2) is 43.9 Å². The summed E-state index contributed by atoms with van der Waals surface area (Å²) >= 11 is 7.53. The van der Waals surface area contributed by atoms with Gasteiger partial charge in [-0.3, -0.25) is 0 Å². The Bertz CT molecular complexity index is 767. The van der Waals surface area contributed by atoms with Crippen molar-refractivity contribution >= 4 is 34.4 Å². The topological polar surface area (TPSA) is 32.9 Å². The highest BCUT2D eigenvalue weighted by Crippen LogP contribution is 2.20. The van der Waals surface area contributed by atoms with E-state index in [0.717, 1.165) is 5.69 Å². The molecule has 1 aromatic carbocycles. The lowest BCUT2D eigenvalue weighted by atomic mass is 10.0. The first-order valence-electron chi connectivity index (χ1n) is 10.3. The summed E-state index contributed by atoms with van der Waals surface area (Å²) < 4.78 is 0. The normalized spacial score (nSPS) is 21.7. The SMILES string of the molecule is CC[NH+]1CC[NH+]([C@H](c2cccs2)[C@H](C)NC(=S)Nc2cc(C)ccc2C)CC1. The van der Waals surface area contributed by atoms with Crippen molar-refractivity contribution in [3.63, 3.8) is 0 Å². The number of benzene rings is 1. The van der Waals surface area contributed by atoms with Crippen LogP contribution in [0.2, 0.25) is 0 Å². The molecule has 2 atom stereocenters. The van der Waals surface area contributed by atoms with Crippen molar-refractivity contribution in [3.05, 3.63) is 51.7 Å². The smallest absolute Gasteiger partial charge is 0.171 e. The number of thiophene rings is 1. The molecule has 0 unspecified atom stereocenters. The predicted molar refractivity (Wildman–Crippen MR) is 124 cm³/mol. The summed E-state index contributed by atoms with van der Waals surface area (Å²) in [6, 6.07) is 11.6. The molecular formula is C22H34N4S2+2. The zero-order valence-corrected chi connectivity index (χ0v) is 19.1. The van der Waals surface area contributed by atoms with Crippen LogP contribution in [0.1, 0.15) is 35.9 Å². The maximum Gasteiger partial charge on any atom is 0.171 e. The van der Waals surface area contributed by atoms with E-state index in [2.05, 4.69) is 74.0 Å². The summed E-state index contributed by atoms with van der Waals surface area (Å²) in [6.07, 6.45) is 0. The monoisotopic (exact) mass is 418 g/mol. The van der Waals surface area contributed by atoms with Crippen molar-refractivity contribution in [1.29, 1.82) is 0 Å². The van der Waals surface area contributed by atoms with E-state index in [1.165, 1.54) is 48.7 Å². The lowest BCUT2D eigenvalue weighted by Gasteiger charge is -2.37. The number of hydrogen-bond donors (Lipinski definition) is 4. The van der Waals surface area contributed by atoms with Gasteiger partial charge in [0.2, 0.25) is 0 Å². The Morgan fingerprint density at radius 3 is 2.57 bits per heavy atom. The third-order valence-corrected chi connectivity index (χ3v) is 7.06. The maximum atomic E-state index is 5.67. The molecule has 1 aliphatic heterocycles. The van der Waals surface area contributed by atoms with Gasteiger partial charge in [-0.15, -0.1) is 11.3 Å². The quantitative estimate of drug-likeness (QED) is 0.538. The van der Waals surface area contributed by atoms with Crippen LogP contribution < -0.4 is 20.4 Å². The minimum atomic E-state index is 0.266. The largest absolute Gasteiger partial charge is 0.354 e. The van der Waals surface area contributed by atoms with Gasteiger partial charge >= 0.3 is 0 Å². The molecule has 28 heavy (non-hydrogen) atoms. The maximum absolute atomic E-state index is 5.67. The van der Waals surface area contributed by atoms with E-state index >= 15 is 0 Å². The van der Waals surface area contributed by atoms with E-state index in [0.29, 0.717) is 11.2 Å². The fraction of sp³-hybridized carbons (Fsp3) is 0.500. The van der Waals surface area contributed by atoms with Crippen LogP contribution >= 0.6 is 23.6 Å². The fourth-order valence-corrected chi connectivity index (χ4v) is 5.46. The molecule has 4 N–H and O–H groups in total. The van der Waals surface area contributed by atoms with E-state index in [1.807, 2.05) is 11.3 Å². The van der Waals surface area contributed by atoms with Crippen molar-refractivity contribution in [2.24, 2.45) is 0 Å². The number of piperazine rings is 1. The second kappa shape index (κ2) is 9.83. The summed E-state index contributed by atoms with van der Waals surface area (Å²) in [5.41, 5.74) is 3.53. The second-order valence-corrected chi connectivity index (χ2v) is 9.35. The molecule has 0 amide bonds. The fourth-order valence-electron chi connectivity index (χ4n) is 4.18. The standard InChI is InChI=1S/C22H32N4S2/c1-5-25-10-12-26(13-11-25)21(20-7-6-14-28-20)18(4)23-22(27)24-19-15-16(2)8-9-17(19)3/h6-9,14-15,18,21H,5,10-13H2,1-4H3,(H2,23,24,27)/p+2/t18-,21-/m0/s1. The van der Waals surface area contributed by atoms with E-state index in [9.17, 15) is 0 Å². The molecule has 2 heterocycles. The molecule has 3 rings (SSSR count). The van der Waals surface area contributed by atoms with Crippen molar-refractivity contribution in [2.45, 2.75) is 39.8 Å². The number of nitrogens with one attached hydrogen (secondary N) is 4. The van der Waals surface area contributed by atoms with Crippen LogP contribution in [-0.2, 0) is 0 Å². The van der Waals surface area contributed by atoms with E-state index in [4.69, 9.17) is 12.2 Å². The average molecular weight is 419 g/mol. The Kier molecular flexibility index (Phi) is 7.46. The number of likely N-dealkylation sites (N-methyl/N-ethyl adjacent to an activating group) is 1. The van der Waals surface area contributed by atoms with Gasteiger partial charge < -0.3 is 20.4 Å². The summed E-state index contributed by atoms with van der Waals surface area (Å²) in [6.45, 7) is 15.0. The molecule has 1 aliphatic rings. The third-order valence-electron chi connectivity index (χ3n) is 5.89. The highest BCUT2D eigenvalue weighted by atomic mass is 32.1. The first-order valence-corrected chi connectivity index (χ1v) is 11.6. The molecular weight excluding hydrogens is 384 g/mol. The van der Waals surface area contributed by atoms with E-state index < -0.39 is 0 Å². The zero-order valence-electron chi connectivity index (χ0n) is 17.5. The van der Waals surface area contributed by atoms with Gasteiger partial charge in [0.1, 0.15) is 32.2 Å². The molecule has 1 saturated heterocycles. The highest BCUT2D eigenvalue weighted by Gasteiger charge is 2.34. The van der Waals surface area contributed by atoms with Gasteiger partial charge in [0.25, 0.3) is 0 Å². The van der Waals surface area contributed by atoms with Gasteiger partial charge in [0.05, 0.1) is 17.5 Å². The molecule has 152 valence electrons. The minimum absolute atomic E-state index is 0.266. The highest BCUT2D eigenvalue weighted by molar-refractivity contribution is 7.80. The summed E-state index contributed by atoms with van der Waals surface area (Å²) in [5.74, 6) is 0. The lowest BCUT2D eigenvalue weighted by Crippen LogP contribution is -3.28. The zero-order chi connectivity index (χ0) is 20.1. The first kappa shape index (κ1) is 21.2. The summed E-state index contributed by atoms with van der Waals surface area (Å²) in [5, 5.41) is 9.89. The number of rotatable bonds is 6. The number of hydrogen-bond acceptors (Lipinski definition) is 2. The first-order chi connectivity index (χ1) is 13.5. The van der Waals surface area contributed by atoms with Gasteiger partial charge in [-0.25, -0.2) is 0 Å². The molecule has 0 aliphatic carbocycles. The minimum Gasteiger partial charge on any atom is -0.354 e. The third kappa shape index (κ3) is 5.32. The molecule has 6 heteroatoms. The number of anilines is 1. The Hall–Kier alpha value is -1.47. The Morgan fingerprint density at radius 1 is 1.18 bits per heavy atom. The Balaban J connectivity index is 1.68. The molecule has 0 radical (unpaired) electrons. The van der Waals surface area contributed by atoms with Crippen LogP contribution in [0.4, 0.5) is 5.69 Å². The van der Waals surface area contributed by atoms with Crippen LogP contribution in [0, 0.1) is 13.8 Å². The number of thiocarbonyl (C=S) groups is 1. The summed E-state index contributed by atoms with van der Waals surface area (Å²) in [4.78, 5) is 4.85. The molecule has 0 spiro atoms. The van der Waals surface area contributed by atoms with Gasteiger partial charge in [-0.2, -0.15) is 0 Å². The number of quaternary nitrogens is 2. The molecule has 1 aromatic heterocycles. The van der Waals surface area contributed by atoms with Crippen LogP contribution in [0.15, 0.2) is 35.7 Å². The summed E-state index contributed by atoms with van der Waals surface area (Å²) in [7, 11) is 0. The molecule has 2 aromatic rings. The van der Waals surface area contributed by atoms with Crippen molar-refractivity contribution in [1.82, 2.24) is 5.32 Å². The van der Waals surface area contributed by atoms with Crippen LogP contribution in [0.5, 0.6) is 0 Å². The average Bonchev–Trinajstić information content (AvgIpc) is 3.19. The molecule has 0 saturated carbocycles. The van der Waals surface area contributed by atoms with Gasteiger partial charge in [-0.05, 0) is 68.6 Å². The number of aryl methyl sites for hydroxylation is 2. The Morgan fingerprint density at radius 2 is 1.93 bits per heavy atom. The molecule has 0 bridgehead atoms. The van der Waals surface area contributed by atoms with E-state index in [-0.39, 0.29) is 6.04 Å². The van der Waals surface area contributed by atoms with E-state index in [1.54, 1.807) is 9.80 Å². The van der Waals surface area contributed by atoms with Gasteiger partial charge in [-0.1, -0.05) is 18.2 Å². The van der Waals surface area contributed by atoms with Crippen molar-refractivity contribution in [2.75, 3.05) is 38.0 Å². The van der Waals surface area contributed by atoms with Gasteiger partial charge in [0, 0.05) is 5.69 Å². The van der Waals surface area contributed by atoms with Crippen LogP contribution in [0.3, 0.4) is 0 Å². The van der Waals surface area contributed by atoms with Gasteiger partial charge in [0.15, 0.2) is 5.11 Å². The lowest BCUT2D eigenvalue weighted by molar-refractivity contribution is -1.03. The Labute approximate surface area is 178 Å². The predicted octanol–water partition coefficient (Wildman–Crippen LogP) is 1.58. The van der Waals surface area contributed by atoms with Crippen molar-refractivity contribution in [3.8, 4) is 0 Å². The molecule has 4 nitrogen and oxygen atoms in total. The van der Waals surface area contributed by atoms with Crippen LogP contribution in [0.25, 0.3) is 0 Å². The molecule has 1 fully saturated rings. The van der Waals surface area contributed by atoms with Crippen molar-refractivity contribution < 1.29 is 9.80 Å². The second-order valence-electron chi connectivity index (χ2n) is 7.96.